The smallest absolute Gasteiger partial charge is 0.272 e. The number of imide groups is 1. The number of carbonyl (C=O) groups is 2. The number of hydrogen-bond acceptors (Lipinski definition) is 6. The summed E-state index contributed by atoms with van der Waals surface area (Å²) in [5, 5.41) is 18.2. The van der Waals surface area contributed by atoms with Crippen LogP contribution in [0.15, 0.2) is 53.4 Å². The van der Waals surface area contributed by atoms with Crippen molar-refractivity contribution in [1.82, 2.24) is 0 Å². The molecular formula is C22H20N2O4S. The summed E-state index contributed by atoms with van der Waals surface area (Å²) in [7, 11) is 0. The van der Waals surface area contributed by atoms with Gasteiger partial charge in [-0.25, -0.2) is 4.90 Å². The molecule has 2 aromatic carbocycles. The van der Waals surface area contributed by atoms with E-state index in [1.165, 1.54) is 0 Å². The minimum Gasteiger partial charge on any atom is -0.491 e. The Kier molecular flexibility index (Phi) is 6.37. The number of benzene rings is 2. The van der Waals surface area contributed by atoms with E-state index in [2.05, 4.69) is 0 Å². The van der Waals surface area contributed by atoms with Crippen LogP contribution in [0.5, 0.6) is 5.75 Å². The van der Waals surface area contributed by atoms with Gasteiger partial charge in [-0.2, -0.15) is 5.26 Å². The maximum absolute atomic E-state index is 13.2. The van der Waals surface area contributed by atoms with E-state index in [0.717, 1.165) is 16.7 Å². The molecule has 7 heteroatoms. The van der Waals surface area contributed by atoms with Crippen LogP contribution in [0.1, 0.15) is 25.0 Å². The molecule has 0 radical (unpaired) electrons. The van der Waals surface area contributed by atoms with E-state index in [1.807, 2.05) is 19.9 Å². The average Bonchev–Trinajstić information content (AvgIpc) is 2.96. The highest BCUT2D eigenvalue weighted by molar-refractivity contribution is 8.04. The van der Waals surface area contributed by atoms with Gasteiger partial charge in [-0.3, -0.25) is 9.59 Å². The number of rotatable bonds is 7. The van der Waals surface area contributed by atoms with Gasteiger partial charge in [0.05, 0.1) is 40.5 Å². The van der Waals surface area contributed by atoms with E-state index in [1.54, 1.807) is 48.5 Å². The SMILES string of the molecule is CC(C)Oc1ccc(C2=C(SCCO)C(=O)N(c3ccc(C#N)cc3)C2=O)cc1. The first-order valence-electron chi connectivity index (χ1n) is 9.10. The van der Waals surface area contributed by atoms with Gasteiger partial charge in [0.1, 0.15) is 5.75 Å². The summed E-state index contributed by atoms with van der Waals surface area (Å²) in [4.78, 5) is 27.6. The molecule has 0 atom stereocenters. The third-order valence-corrected chi connectivity index (χ3v) is 5.20. The molecule has 2 amide bonds. The molecule has 148 valence electrons. The second-order valence-electron chi connectivity index (χ2n) is 6.57. The Morgan fingerprint density at radius 2 is 1.72 bits per heavy atom. The van der Waals surface area contributed by atoms with Crippen LogP contribution >= 0.6 is 11.8 Å². The number of hydrogen-bond donors (Lipinski definition) is 1. The third-order valence-electron chi connectivity index (χ3n) is 4.15. The molecule has 1 N–H and O–H groups in total. The molecule has 0 bridgehead atoms. The number of carbonyl (C=O) groups excluding carboxylic acids is 2. The van der Waals surface area contributed by atoms with Gasteiger partial charge >= 0.3 is 0 Å². The van der Waals surface area contributed by atoms with Gasteiger partial charge in [0, 0.05) is 5.75 Å². The highest BCUT2D eigenvalue weighted by Crippen LogP contribution is 2.38. The van der Waals surface area contributed by atoms with Crippen molar-refractivity contribution in [1.29, 1.82) is 5.26 Å². The lowest BCUT2D eigenvalue weighted by atomic mass is 10.1. The lowest BCUT2D eigenvalue weighted by Crippen LogP contribution is -2.31. The van der Waals surface area contributed by atoms with Crippen molar-refractivity contribution in [3.05, 3.63) is 64.6 Å². The number of ether oxygens (including phenoxy) is 1. The Labute approximate surface area is 173 Å². The van der Waals surface area contributed by atoms with E-state index in [-0.39, 0.29) is 12.7 Å². The van der Waals surface area contributed by atoms with Crippen molar-refractivity contribution in [2.75, 3.05) is 17.3 Å². The first kappa shape index (κ1) is 20.6. The quantitative estimate of drug-likeness (QED) is 0.707. The second kappa shape index (κ2) is 8.95. The minimum absolute atomic E-state index is 0.0253. The predicted molar refractivity (Wildman–Crippen MR) is 112 cm³/mol. The van der Waals surface area contributed by atoms with E-state index >= 15 is 0 Å². The first-order valence-corrected chi connectivity index (χ1v) is 10.1. The topological polar surface area (TPSA) is 90.6 Å². The summed E-state index contributed by atoms with van der Waals surface area (Å²) >= 11 is 1.15. The molecule has 2 aromatic rings. The van der Waals surface area contributed by atoms with Crippen LogP contribution in [-0.4, -0.2) is 35.4 Å². The second-order valence-corrected chi connectivity index (χ2v) is 7.68. The van der Waals surface area contributed by atoms with Gasteiger partial charge in [-0.05, 0) is 55.8 Å². The van der Waals surface area contributed by atoms with Gasteiger partial charge in [-0.1, -0.05) is 12.1 Å². The van der Waals surface area contributed by atoms with Crippen LogP contribution in [0.4, 0.5) is 5.69 Å². The van der Waals surface area contributed by atoms with E-state index in [0.29, 0.717) is 38.8 Å². The third kappa shape index (κ3) is 4.34. The molecule has 0 unspecified atom stereocenters. The number of nitrogens with zero attached hydrogens (tertiary/aromatic N) is 2. The molecule has 0 saturated carbocycles. The van der Waals surface area contributed by atoms with Crippen LogP contribution in [0.2, 0.25) is 0 Å². The first-order chi connectivity index (χ1) is 14.0. The number of thioether (sulfide) groups is 1. The van der Waals surface area contributed by atoms with Crippen molar-refractivity contribution in [2.24, 2.45) is 0 Å². The highest BCUT2D eigenvalue weighted by Gasteiger charge is 2.40. The van der Waals surface area contributed by atoms with Crippen LogP contribution in [0.25, 0.3) is 5.57 Å². The Balaban J connectivity index is 1.99. The monoisotopic (exact) mass is 408 g/mol. The molecule has 29 heavy (non-hydrogen) atoms. The number of anilines is 1. The van der Waals surface area contributed by atoms with Crippen LogP contribution in [0.3, 0.4) is 0 Å². The minimum atomic E-state index is -0.435. The van der Waals surface area contributed by atoms with Gasteiger partial charge in [0.25, 0.3) is 11.8 Å². The molecule has 0 fully saturated rings. The van der Waals surface area contributed by atoms with Crippen molar-refractivity contribution in [3.8, 4) is 11.8 Å². The predicted octanol–water partition coefficient (Wildman–Crippen LogP) is 3.36. The standard InChI is InChI=1S/C22H20N2O4S/c1-14(2)28-18-9-5-16(6-10-18)19-20(29-12-11-25)22(27)24(21(19)26)17-7-3-15(13-23)4-8-17/h3-10,14,25H,11-12H2,1-2H3. The van der Waals surface area contributed by atoms with Gasteiger partial charge in [0.15, 0.2) is 0 Å². The van der Waals surface area contributed by atoms with Crippen molar-refractivity contribution in [3.63, 3.8) is 0 Å². The lowest BCUT2D eigenvalue weighted by Gasteiger charge is -2.15. The zero-order chi connectivity index (χ0) is 21.0. The fourth-order valence-corrected chi connectivity index (χ4v) is 3.80. The molecular weight excluding hydrogens is 388 g/mol. The zero-order valence-electron chi connectivity index (χ0n) is 16.1. The highest BCUT2D eigenvalue weighted by atomic mass is 32.2. The fraction of sp³-hybridized carbons (Fsp3) is 0.227. The summed E-state index contributed by atoms with van der Waals surface area (Å²) in [6.07, 6.45) is 0.0253. The van der Waals surface area contributed by atoms with Crippen molar-refractivity contribution in [2.45, 2.75) is 20.0 Å². The molecule has 0 spiro atoms. The number of aliphatic hydroxyl groups excluding tert-OH is 1. The van der Waals surface area contributed by atoms with Crippen LogP contribution in [-0.2, 0) is 9.59 Å². The molecule has 3 rings (SSSR count). The van der Waals surface area contributed by atoms with Gasteiger partial charge < -0.3 is 9.84 Å². The molecule has 0 saturated heterocycles. The normalized spacial score (nSPS) is 14.0. The van der Waals surface area contributed by atoms with E-state index in [9.17, 15) is 14.7 Å². The number of nitriles is 1. The maximum Gasteiger partial charge on any atom is 0.272 e. The molecule has 1 heterocycles. The summed E-state index contributed by atoms with van der Waals surface area (Å²) in [5.74, 6) is 0.108. The Morgan fingerprint density at radius 1 is 1.07 bits per heavy atom. The largest absolute Gasteiger partial charge is 0.491 e. The molecule has 0 aromatic heterocycles. The summed E-state index contributed by atoms with van der Waals surface area (Å²) in [6.45, 7) is 3.74. The number of aliphatic hydroxyl groups is 1. The van der Waals surface area contributed by atoms with Crippen molar-refractivity contribution < 1.29 is 19.4 Å². The lowest BCUT2D eigenvalue weighted by molar-refractivity contribution is -0.119. The number of amides is 2. The summed E-state index contributed by atoms with van der Waals surface area (Å²) in [5.41, 5.74) is 1.75. The molecule has 0 aliphatic carbocycles. The summed E-state index contributed by atoms with van der Waals surface area (Å²) in [6, 6.07) is 15.3. The Morgan fingerprint density at radius 3 is 2.28 bits per heavy atom. The fourth-order valence-electron chi connectivity index (χ4n) is 2.94. The molecule has 1 aliphatic rings. The van der Waals surface area contributed by atoms with E-state index in [4.69, 9.17) is 10.00 Å². The molecule has 1 aliphatic heterocycles. The zero-order valence-corrected chi connectivity index (χ0v) is 16.9. The Hall–Kier alpha value is -3.08. The maximum atomic E-state index is 13.2. The Bertz CT molecular complexity index is 989. The average molecular weight is 408 g/mol. The van der Waals surface area contributed by atoms with Gasteiger partial charge in [0.2, 0.25) is 0 Å². The van der Waals surface area contributed by atoms with Gasteiger partial charge in [-0.15, -0.1) is 11.8 Å². The van der Waals surface area contributed by atoms with Crippen molar-refractivity contribution >= 4 is 34.8 Å². The molecule has 6 nitrogen and oxygen atoms in total. The van der Waals surface area contributed by atoms with Crippen LogP contribution < -0.4 is 9.64 Å². The summed E-state index contributed by atoms with van der Waals surface area (Å²) < 4.78 is 5.64. The van der Waals surface area contributed by atoms with Crippen LogP contribution in [0, 0.1) is 11.3 Å². The van der Waals surface area contributed by atoms with E-state index < -0.39 is 11.8 Å².